The fraction of sp³-hybridized carbons (Fsp3) is 0.294. The van der Waals surface area contributed by atoms with Crippen molar-refractivity contribution >= 4 is 34.8 Å². The highest BCUT2D eigenvalue weighted by Gasteiger charge is 2.45. The summed E-state index contributed by atoms with van der Waals surface area (Å²) in [6, 6.07) is 5.71. The smallest absolute Gasteiger partial charge is 0.269 e. The molecule has 0 amide bonds. The molecule has 0 bridgehead atoms. The summed E-state index contributed by atoms with van der Waals surface area (Å²) in [5.41, 5.74) is 9.52. The number of imidazole rings is 1. The number of aliphatic hydroxyl groups excluding tert-OH is 3. The molecule has 3 heterocycles. The summed E-state index contributed by atoms with van der Waals surface area (Å²) in [5, 5.41) is 44.7. The maximum Gasteiger partial charge on any atom is 0.269 e. The standard InChI is InChI=1S/C17H18N8O6/c18-14-11-15(20-7-19-14)24(16-13(28)12(27)10(6-26)31-16)17(22-11)23-21-5-8-1-3-9(4-2-8)25(29)30/h1-5,7,10,12-13,16,26-28H,6H2,(H,22,23)(H2,18,19,20)/b21-5-/t10-,12+,13+,16-/m0/s1. The number of hydrazone groups is 1. The van der Waals surface area contributed by atoms with E-state index in [1.165, 1.54) is 41.4 Å². The molecule has 0 aliphatic carbocycles. The van der Waals surface area contributed by atoms with Crippen LogP contribution < -0.4 is 11.2 Å². The lowest BCUT2D eigenvalue weighted by Gasteiger charge is -2.18. The highest BCUT2D eigenvalue weighted by molar-refractivity contribution is 5.84. The number of nitrogens with two attached hydrogens (primary N) is 1. The van der Waals surface area contributed by atoms with E-state index in [2.05, 4.69) is 25.5 Å². The van der Waals surface area contributed by atoms with Crippen LogP contribution in [0.3, 0.4) is 0 Å². The molecule has 1 aromatic carbocycles. The van der Waals surface area contributed by atoms with Crippen molar-refractivity contribution in [2.45, 2.75) is 24.5 Å². The Morgan fingerprint density at radius 3 is 2.68 bits per heavy atom. The van der Waals surface area contributed by atoms with Gasteiger partial charge in [-0.1, -0.05) is 0 Å². The summed E-state index contributed by atoms with van der Waals surface area (Å²) in [5.74, 6) is 0.160. The first-order valence-corrected chi connectivity index (χ1v) is 9.05. The number of nitrogens with zero attached hydrogens (tertiary/aromatic N) is 6. The van der Waals surface area contributed by atoms with Crippen LogP contribution in [0.15, 0.2) is 35.7 Å². The molecule has 31 heavy (non-hydrogen) atoms. The first kappa shape index (κ1) is 20.5. The molecule has 0 spiro atoms. The van der Waals surface area contributed by atoms with Crippen molar-refractivity contribution in [1.29, 1.82) is 0 Å². The minimum absolute atomic E-state index is 0.0506. The maximum atomic E-state index is 10.7. The number of benzene rings is 1. The number of anilines is 2. The summed E-state index contributed by atoms with van der Waals surface area (Å²) in [6.07, 6.45) is -2.24. The third-order valence-electron chi connectivity index (χ3n) is 4.76. The first-order valence-electron chi connectivity index (χ1n) is 9.05. The molecule has 1 saturated heterocycles. The largest absolute Gasteiger partial charge is 0.394 e. The molecule has 162 valence electrons. The lowest BCUT2D eigenvalue weighted by Crippen LogP contribution is -2.33. The van der Waals surface area contributed by atoms with Crippen molar-refractivity contribution in [2.75, 3.05) is 17.8 Å². The molecule has 14 heteroatoms. The Balaban J connectivity index is 1.66. The van der Waals surface area contributed by atoms with Gasteiger partial charge in [0.1, 0.15) is 24.6 Å². The number of nitrogen functional groups attached to an aromatic ring is 1. The second kappa shape index (κ2) is 8.19. The lowest BCUT2D eigenvalue weighted by molar-refractivity contribution is -0.384. The van der Waals surface area contributed by atoms with E-state index in [1.54, 1.807) is 0 Å². The van der Waals surface area contributed by atoms with Crippen LogP contribution in [0.1, 0.15) is 11.8 Å². The van der Waals surface area contributed by atoms with Crippen molar-refractivity contribution in [3.63, 3.8) is 0 Å². The summed E-state index contributed by atoms with van der Waals surface area (Å²) in [4.78, 5) is 22.5. The predicted molar refractivity (Wildman–Crippen MR) is 107 cm³/mol. The normalized spacial score (nSPS) is 23.6. The van der Waals surface area contributed by atoms with E-state index in [0.29, 0.717) is 5.56 Å². The number of aliphatic hydroxyl groups is 3. The first-order chi connectivity index (χ1) is 14.9. The van der Waals surface area contributed by atoms with Crippen molar-refractivity contribution in [3.8, 4) is 0 Å². The van der Waals surface area contributed by atoms with Gasteiger partial charge in [-0.3, -0.25) is 14.7 Å². The van der Waals surface area contributed by atoms with Gasteiger partial charge in [0.05, 0.1) is 17.7 Å². The predicted octanol–water partition coefficient (Wildman–Crippen LogP) is -0.626. The van der Waals surface area contributed by atoms with Crippen molar-refractivity contribution in [2.24, 2.45) is 5.10 Å². The van der Waals surface area contributed by atoms with Crippen molar-refractivity contribution in [3.05, 3.63) is 46.3 Å². The molecule has 0 saturated carbocycles. The molecule has 1 fully saturated rings. The number of aromatic nitrogens is 4. The molecule has 1 aliphatic rings. The Labute approximate surface area is 173 Å². The zero-order valence-corrected chi connectivity index (χ0v) is 15.8. The Morgan fingerprint density at radius 2 is 2.03 bits per heavy atom. The summed E-state index contributed by atoms with van der Waals surface area (Å²) >= 11 is 0. The van der Waals surface area contributed by atoms with Gasteiger partial charge in [0, 0.05) is 12.1 Å². The average molecular weight is 430 g/mol. The Bertz CT molecular complexity index is 1130. The summed E-state index contributed by atoms with van der Waals surface area (Å²) in [6.45, 7) is -0.500. The van der Waals surface area contributed by atoms with Gasteiger partial charge in [-0.15, -0.1) is 0 Å². The zero-order valence-electron chi connectivity index (χ0n) is 15.8. The molecule has 1 aliphatic heterocycles. The van der Waals surface area contributed by atoms with Gasteiger partial charge in [-0.2, -0.15) is 5.10 Å². The highest BCUT2D eigenvalue weighted by atomic mass is 16.6. The van der Waals surface area contributed by atoms with Gasteiger partial charge in [0.25, 0.3) is 5.69 Å². The fourth-order valence-electron chi connectivity index (χ4n) is 3.19. The van der Waals surface area contributed by atoms with Gasteiger partial charge in [-0.05, 0) is 17.7 Å². The number of hydrogen-bond donors (Lipinski definition) is 5. The molecule has 0 radical (unpaired) electrons. The molecular formula is C17H18N8O6. The van der Waals surface area contributed by atoms with Crippen molar-refractivity contribution < 1.29 is 25.0 Å². The molecular weight excluding hydrogens is 412 g/mol. The van der Waals surface area contributed by atoms with Gasteiger partial charge < -0.3 is 25.8 Å². The number of nitrogens with one attached hydrogen (secondary N) is 1. The van der Waals surface area contributed by atoms with Gasteiger partial charge >= 0.3 is 0 Å². The van der Waals surface area contributed by atoms with Crippen LogP contribution in [0.25, 0.3) is 11.2 Å². The average Bonchev–Trinajstić information content (AvgIpc) is 3.26. The Kier molecular flexibility index (Phi) is 5.43. The number of ether oxygens (including phenoxy) is 1. The van der Waals surface area contributed by atoms with E-state index in [1.807, 2.05) is 0 Å². The second-order valence-electron chi connectivity index (χ2n) is 6.68. The molecule has 4 rings (SSSR count). The van der Waals surface area contributed by atoms with Crippen LogP contribution in [-0.2, 0) is 4.74 Å². The molecule has 3 aromatic rings. The molecule has 6 N–H and O–H groups in total. The van der Waals surface area contributed by atoms with Crippen LogP contribution in [0.2, 0.25) is 0 Å². The molecule has 4 atom stereocenters. The van der Waals surface area contributed by atoms with E-state index in [-0.39, 0.29) is 28.6 Å². The monoisotopic (exact) mass is 430 g/mol. The van der Waals surface area contributed by atoms with Gasteiger partial charge in [0.2, 0.25) is 5.95 Å². The molecule has 14 nitrogen and oxygen atoms in total. The maximum absolute atomic E-state index is 10.7. The topological polar surface area (TPSA) is 207 Å². The lowest BCUT2D eigenvalue weighted by atomic mass is 10.1. The van der Waals surface area contributed by atoms with Gasteiger partial charge in [-0.25, -0.2) is 20.4 Å². The Hall–Kier alpha value is -3.72. The van der Waals surface area contributed by atoms with Crippen LogP contribution in [0.5, 0.6) is 0 Å². The summed E-state index contributed by atoms with van der Waals surface area (Å²) in [7, 11) is 0. The number of rotatable bonds is 6. The number of non-ortho nitro benzene ring substituents is 1. The van der Waals surface area contributed by atoms with E-state index in [0.717, 1.165) is 0 Å². The minimum Gasteiger partial charge on any atom is -0.394 e. The van der Waals surface area contributed by atoms with E-state index in [9.17, 15) is 25.4 Å². The minimum atomic E-state index is -1.38. The van der Waals surface area contributed by atoms with Crippen molar-refractivity contribution in [1.82, 2.24) is 19.5 Å². The molecule has 0 unspecified atom stereocenters. The Morgan fingerprint density at radius 1 is 1.29 bits per heavy atom. The third kappa shape index (κ3) is 3.75. The van der Waals surface area contributed by atoms with E-state index in [4.69, 9.17) is 10.5 Å². The quantitative estimate of drug-likeness (QED) is 0.189. The van der Waals surface area contributed by atoms with Crippen LogP contribution in [0.4, 0.5) is 17.5 Å². The second-order valence-corrected chi connectivity index (χ2v) is 6.68. The van der Waals surface area contributed by atoms with E-state index < -0.39 is 36.1 Å². The zero-order chi connectivity index (χ0) is 22.1. The van der Waals surface area contributed by atoms with Gasteiger partial charge in [0.15, 0.2) is 23.2 Å². The number of fused-ring (bicyclic) bond motifs is 1. The third-order valence-corrected chi connectivity index (χ3v) is 4.76. The SMILES string of the molecule is Nc1ncnc2c1nc(N/N=C\c1ccc([N+](=O)[O-])cc1)n2[C@H]1O[C@@H](CO)[C@@H](O)[C@H]1O. The van der Waals surface area contributed by atoms with E-state index >= 15 is 0 Å². The molecule has 2 aromatic heterocycles. The fourth-order valence-corrected chi connectivity index (χ4v) is 3.19. The number of hydrogen-bond acceptors (Lipinski definition) is 12. The highest BCUT2D eigenvalue weighted by Crippen LogP contribution is 2.35. The van der Waals surface area contributed by atoms with Crippen LogP contribution in [-0.4, -0.2) is 70.9 Å². The van der Waals surface area contributed by atoms with Crippen LogP contribution in [0, 0.1) is 10.1 Å². The summed E-state index contributed by atoms with van der Waals surface area (Å²) < 4.78 is 6.94. The van der Waals surface area contributed by atoms with Crippen LogP contribution >= 0.6 is 0 Å². The number of nitro benzene ring substituents is 1. The number of nitro groups is 1.